The van der Waals surface area contributed by atoms with E-state index in [1.807, 2.05) is 0 Å². The number of carbonyl (C=O) groups is 2. The Morgan fingerprint density at radius 3 is 2.76 bits per heavy atom. The molecular formula is C20H22N4O5. The van der Waals surface area contributed by atoms with Gasteiger partial charge in [0, 0.05) is 30.1 Å². The Morgan fingerprint density at radius 1 is 1.28 bits per heavy atom. The van der Waals surface area contributed by atoms with Crippen molar-refractivity contribution in [3.8, 4) is 5.69 Å². The van der Waals surface area contributed by atoms with Crippen molar-refractivity contribution in [2.75, 3.05) is 7.11 Å². The molecule has 0 unspecified atom stereocenters. The fraction of sp³-hybridized carbons (Fsp3) is 0.450. The quantitative estimate of drug-likeness (QED) is 0.445. The van der Waals surface area contributed by atoms with Gasteiger partial charge in [0.1, 0.15) is 11.7 Å². The van der Waals surface area contributed by atoms with E-state index in [2.05, 4.69) is 4.98 Å². The van der Waals surface area contributed by atoms with Gasteiger partial charge < -0.3 is 14.2 Å². The van der Waals surface area contributed by atoms with Crippen LogP contribution in [0, 0.1) is 16.0 Å². The van der Waals surface area contributed by atoms with Crippen molar-refractivity contribution in [3.63, 3.8) is 0 Å². The maximum Gasteiger partial charge on any atom is 0.328 e. The molecule has 9 nitrogen and oxygen atoms in total. The van der Waals surface area contributed by atoms with E-state index in [4.69, 9.17) is 4.74 Å². The Hall–Kier alpha value is -3.23. The molecule has 1 aromatic carbocycles. The van der Waals surface area contributed by atoms with E-state index in [0.29, 0.717) is 12.1 Å². The first kappa shape index (κ1) is 19.1. The normalized spacial score (nSPS) is 23.5. The third kappa shape index (κ3) is 3.37. The summed E-state index contributed by atoms with van der Waals surface area (Å²) in [6.07, 6.45) is 9.06. The zero-order valence-electron chi connectivity index (χ0n) is 16.1. The first-order valence-corrected chi connectivity index (χ1v) is 9.68. The summed E-state index contributed by atoms with van der Waals surface area (Å²) in [6, 6.07) is 3.70. The van der Waals surface area contributed by atoms with E-state index in [1.165, 1.54) is 36.3 Å². The molecule has 29 heavy (non-hydrogen) atoms. The van der Waals surface area contributed by atoms with Crippen LogP contribution in [0.2, 0.25) is 0 Å². The number of methoxy groups -OCH3 is 1. The summed E-state index contributed by atoms with van der Waals surface area (Å²) in [5.74, 6) is -0.538. The molecule has 152 valence electrons. The van der Waals surface area contributed by atoms with Crippen LogP contribution < -0.4 is 0 Å². The number of nitro benzene ring substituents is 1. The molecule has 0 N–H and O–H groups in total. The van der Waals surface area contributed by atoms with Crippen molar-refractivity contribution in [1.29, 1.82) is 0 Å². The Morgan fingerprint density at radius 2 is 2.07 bits per heavy atom. The fourth-order valence-corrected chi connectivity index (χ4v) is 4.67. The number of fused-ring (bicyclic) bond motifs is 1. The lowest BCUT2D eigenvalue weighted by Crippen LogP contribution is -2.46. The minimum atomic E-state index is -0.645. The van der Waals surface area contributed by atoms with Gasteiger partial charge in [-0.25, -0.2) is 9.78 Å². The number of amides is 1. The van der Waals surface area contributed by atoms with Crippen LogP contribution >= 0.6 is 0 Å². The average molecular weight is 398 g/mol. The third-order valence-electron chi connectivity index (χ3n) is 6.00. The van der Waals surface area contributed by atoms with Crippen molar-refractivity contribution in [2.45, 2.75) is 44.2 Å². The maximum atomic E-state index is 13.4. The molecule has 0 bridgehead atoms. The number of esters is 1. The molecule has 1 aliphatic carbocycles. The Labute approximate surface area is 167 Å². The van der Waals surface area contributed by atoms with Gasteiger partial charge in [0.2, 0.25) is 0 Å². The van der Waals surface area contributed by atoms with Gasteiger partial charge in [-0.2, -0.15) is 0 Å². The van der Waals surface area contributed by atoms with Crippen molar-refractivity contribution < 1.29 is 19.2 Å². The van der Waals surface area contributed by atoms with Crippen LogP contribution in [0.3, 0.4) is 0 Å². The highest BCUT2D eigenvalue weighted by Gasteiger charge is 2.48. The topological polar surface area (TPSA) is 108 Å². The lowest BCUT2D eigenvalue weighted by atomic mass is 9.84. The molecular weight excluding hydrogens is 376 g/mol. The van der Waals surface area contributed by atoms with Crippen molar-refractivity contribution in [3.05, 3.63) is 52.6 Å². The smallest absolute Gasteiger partial charge is 0.328 e. The monoisotopic (exact) mass is 398 g/mol. The lowest BCUT2D eigenvalue weighted by Gasteiger charge is -2.33. The first-order valence-electron chi connectivity index (χ1n) is 9.68. The predicted octanol–water partition coefficient (Wildman–Crippen LogP) is 2.73. The summed E-state index contributed by atoms with van der Waals surface area (Å²) in [5, 5.41) is 11.6. The molecule has 1 aliphatic heterocycles. The van der Waals surface area contributed by atoms with E-state index in [0.717, 1.165) is 25.7 Å². The van der Waals surface area contributed by atoms with Crippen molar-refractivity contribution in [1.82, 2.24) is 14.5 Å². The standard InChI is InChI=1S/C20H22N4O5/c1-29-20(26)18-10-13-4-2-3-5-15(13)23(18)19(25)14-6-7-16(17(11-14)24(27)28)22-9-8-21-12-22/h6-9,11-13,15,18H,2-5,10H2,1H3/t13-,15-,18+/m1/s1. The Balaban J connectivity index is 1.71. The van der Waals surface area contributed by atoms with E-state index in [1.54, 1.807) is 17.2 Å². The van der Waals surface area contributed by atoms with Gasteiger partial charge >= 0.3 is 5.97 Å². The molecule has 4 rings (SSSR count). The zero-order valence-corrected chi connectivity index (χ0v) is 16.1. The van der Waals surface area contributed by atoms with Gasteiger partial charge in [-0.1, -0.05) is 12.8 Å². The van der Waals surface area contributed by atoms with Gasteiger partial charge in [0.05, 0.1) is 18.4 Å². The van der Waals surface area contributed by atoms with Gasteiger partial charge in [-0.3, -0.25) is 14.9 Å². The number of nitro groups is 1. The van der Waals surface area contributed by atoms with Gasteiger partial charge in [0.15, 0.2) is 0 Å². The van der Waals surface area contributed by atoms with E-state index >= 15 is 0 Å². The second-order valence-corrected chi connectivity index (χ2v) is 7.53. The van der Waals surface area contributed by atoms with E-state index in [-0.39, 0.29) is 29.1 Å². The molecule has 1 amide bonds. The number of nitrogens with zero attached hydrogens (tertiary/aromatic N) is 4. The first-order chi connectivity index (χ1) is 14.0. The summed E-state index contributed by atoms with van der Waals surface area (Å²) in [6.45, 7) is 0. The van der Waals surface area contributed by atoms with Crippen molar-refractivity contribution in [2.24, 2.45) is 5.92 Å². The molecule has 9 heteroatoms. The molecule has 2 aromatic rings. The summed E-state index contributed by atoms with van der Waals surface area (Å²) in [7, 11) is 1.32. The highest BCUT2D eigenvalue weighted by Crippen LogP contribution is 2.41. The van der Waals surface area contributed by atoms with Gasteiger partial charge in [-0.15, -0.1) is 0 Å². The summed E-state index contributed by atoms with van der Waals surface area (Å²) >= 11 is 0. The Kier molecular flexibility index (Phi) is 5.04. The van der Waals surface area contributed by atoms with E-state index in [9.17, 15) is 19.7 Å². The average Bonchev–Trinajstić information content (AvgIpc) is 3.40. The van der Waals surface area contributed by atoms with Gasteiger partial charge in [-0.05, 0) is 37.3 Å². The highest BCUT2D eigenvalue weighted by atomic mass is 16.6. The molecule has 3 atom stereocenters. The van der Waals surface area contributed by atoms with E-state index < -0.39 is 16.9 Å². The fourth-order valence-electron chi connectivity index (χ4n) is 4.67. The van der Waals surface area contributed by atoms with Crippen LogP contribution in [0.5, 0.6) is 0 Å². The minimum absolute atomic E-state index is 0.0345. The largest absolute Gasteiger partial charge is 0.467 e. The van der Waals surface area contributed by atoms with Crippen LogP contribution in [-0.4, -0.2) is 50.4 Å². The van der Waals surface area contributed by atoms with Crippen LogP contribution in [0.4, 0.5) is 5.69 Å². The number of imidazole rings is 1. The molecule has 1 saturated heterocycles. The molecule has 2 aliphatic rings. The van der Waals surface area contributed by atoms with Crippen molar-refractivity contribution >= 4 is 17.6 Å². The number of hydrogen-bond donors (Lipinski definition) is 0. The molecule has 2 fully saturated rings. The molecule has 1 aromatic heterocycles. The number of hydrogen-bond acceptors (Lipinski definition) is 6. The predicted molar refractivity (Wildman–Crippen MR) is 103 cm³/mol. The summed E-state index contributed by atoms with van der Waals surface area (Å²) in [4.78, 5) is 42.4. The molecule has 1 saturated carbocycles. The maximum absolute atomic E-state index is 13.4. The SMILES string of the molecule is COC(=O)[C@@H]1C[C@H]2CCCC[C@H]2N1C(=O)c1ccc(-n2ccnc2)c([N+](=O)[O-])c1. The minimum Gasteiger partial charge on any atom is -0.467 e. The Bertz CT molecular complexity index is 942. The lowest BCUT2D eigenvalue weighted by molar-refractivity contribution is -0.384. The van der Waals surface area contributed by atoms with Crippen LogP contribution in [0.1, 0.15) is 42.5 Å². The van der Waals surface area contributed by atoms with Gasteiger partial charge in [0.25, 0.3) is 11.6 Å². The van der Waals surface area contributed by atoms with Crippen LogP contribution in [0.25, 0.3) is 5.69 Å². The molecule has 0 radical (unpaired) electrons. The number of carbonyl (C=O) groups excluding carboxylic acids is 2. The molecule has 0 spiro atoms. The van der Waals surface area contributed by atoms with Crippen LogP contribution in [-0.2, 0) is 9.53 Å². The number of aromatic nitrogens is 2. The number of rotatable bonds is 4. The summed E-state index contributed by atoms with van der Waals surface area (Å²) in [5.41, 5.74) is 0.328. The second-order valence-electron chi connectivity index (χ2n) is 7.53. The zero-order chi connectivity index (χ0) is 20.5. The van der Waals surface area contributed by atoms with Crippen LogP contribution in [0.15, 0.2) is 36.9 Å². The number of benzene rings is 1. The highest BCUT2D eigenvalue weighted by molar-refractivity contribution is 5.98. The summed E-state index contributed by atoms with van der Waals surface area (Å²) < 4.78 is 6.46. The molecule has 2 heterocycles. The third-order valence-corrected chi connectivity index (χ3v) is 6.00. The number of likely N-dealkylation sites (tertiary alicyclic amines) is 1. The second kappa shape index (κ2) is 7.65. The number of ether oxygens (including phenoxy) is 1.